The molecule has 0 bridgehead atoms. The zero-order valence-corrected chi connectivity index (χ0v) is 10.9. The molecule has 0 amide bonds. The van der Waals surface area contributed by atoms with Crippen molar-refractivity contribution < 1.29 is 0 Å². The van der Waals surface area contributed by atoms with Crippen molar-refractivity contribution in [3.05, 3.63) is 54.2 Å². The van der Waals surface area contributed by atoms with Crippen LogP contribution in [-0.4, -0.2) is 20.0 Å². The maximum absolute atomic E-state index is 9.28. The zero-order chi connectivity index (χ0) is 14.7. The second-order valence-corrected chi connectivity index (χ2v) is 4.21. The number of nitriles is 1. The van der Waals surface area contributed by atoms with E-state index in [1.165, 1.54) is 4.68 Å². The van der Waals surface area contributed by atoms with Gasteiger partial charge >= 0.3 is 0 Å². The Kier molecular flexibility index (Phi) is 3.19. The predicted molar refractivity (Wildman–Crippen MR) is 78.0 cm³/mol. The van der Waals surface area contributed by atoms with Crippen LogP contribution in [0, 0.1) is 11.3 Å². The molecule has 7 nitrogen and oxygen atoms in total. The molecule has 0 unspecified atom stereocenters. The van der Waals surface area contributed by atoms with E-state index in [1.807, 2.05) is 30.3 Å². The summed E-state index contributed by atoms with van der Waals surface area (Å²) < 4.78 is 1.39. The van der Waals surface area contributed by atoms with E-state index >= 15 is 0 Å². The summed E-state index contributed by atoms with van der Waals surface area (Å²) in [4.78, 5) is 0. The van der Waals surface area contributed by atoms with Crippen LogP contribution in [0.1, 0.15) is 5.56 Å². The van der Waals surface area contributed by atoms with Gasteiger partial charge in [-0.1, -0.05) is 18.2 Å². The fraction of sp³-hybridized carbons (Fsp3) is 0. The van der Waals surface area contributed by atoms with Gasteiger partial charge in [0.1, 0.15) is 17.5 Å². The highest BCUT2D eigenvalue weighted by atomic mass is 15.4. The summed E-state index contributed by atoms with van der Waals surface area (Å²) in [5, 5.41) is 24.4. The number of hydrogen-bond donors (Lipinski definition) is 2. The van der Waals surface area contributed by atoms with Gasteiger partial charge < -0.3 is 11.1 Å². The predicted octanol–water partition coefficient (Wildman–Crippen LogP) is 1.86. The smallest absolute Gasteiger partial charge is 0.178 e. The molecule has 2 heterocycles. The number of nitrogens with two attached hydrogens (primary N) is 1. The number of hydrogen-bond acceptors (Lipinski definition) is 6. The topological polar surface area (TPSA) is 105 Å². The van der Waals surface area contributed by atoms with Gasteiger partial charge in [0.05, 0.1) is 0 Å². The minimum absolute atomic E-state index is 0.219. The summed E-state index contributed by atoms with van der Waals surface area (Å²) in [7, 11) is 0. The monoisotopic (exact) mass is 277 g/mol. The highest BCUT2D eigenvalue weighted by Crippen LogP contribution is 2.25. The van der Waals surface area contributed by atoms with E-state index in [2.05, 4.69) is 26.7 Å². The first-order valence-corrected chi connectivity index (χ1v) is 6.18. The number of nitrogens with one attached hydrogen (secondary N) is 1. The third kappa shape index (κ3) is 2.37. The quantitative estimate of drug-likeness (QED) is 0.757. The average Bonchev–Trinajstić information content (AvgIpc) is 2.85. The Bertz CT molecular complexity index is 787. The van der Waals surface area contributed by atoms with Crippen LogP contribution in [0.3, 0.4) is 0 Å². The number of aromatic nitrogens is 4. The largest absolute Gasteiger partial charge is 0.382 e. The van der Waals surface area contributed by atoms with Crippen molar-refractivity contribution in [1.29, 1.82) is 5.26 Å². The third-order valence-electron chi connectivity index (χ3n) is 2.84. The molecule has 0 atom stereocenters. The summed E-state index contributed by atoms with van der Waals surface area (Å²) >= 11 is 0. The molecular formula is C14H11N7. The molecule has 3 rings (SSSR count). The highest BCUT2D eigenvalue weighted by Gasteiger charge is 2.17. The van der Waals surface area contributed by atoms with E-state index in [9.17, 15) is 5.26 Å². The minimum Gasteiger partial charge on any atom is -0.382 e. The Morgan fingerprint density at radius 1 is 1.14 bits per heavy atom. The number of para-hydroxylation sites is 1. The van der Waals surface area contributed by atoms with Crippen molar-refractivity contribution in [2.75, 3.05) is 11.1 Å². The highest BCUT2D eigenvalue weighted by molar-refractivity contribution is 5.70. The Labute approximate surface area is 120 Å². The number of nitrogen functional groups attached to an aromatic ring is 1. The molecule has 7 heteroatoms. The lowest BCUT2D eigenvalue weighted by Gasteiger charge is -2.02. The molecule has 0 aliphatic carbocycles. The molecule has 1 aromatic carbocycles. The lowest BCUT2D eigenvalue weighted by Crippen LogP contribution is -2.05. The van der Waals surface area contributed by atoms with E-state index < -0.39 is 0 Å². The van der Waals surface area contributed by atoms with Gasteiger partial charge in [0.15, 0.2) is 11.6 Å². The Hall–Kier alpha value is -3.40. The van der Waals surface area contributed by atoms with E-state index in [4.69, 9.17) is 5.73 Å². The fourth-order valence-corrected chi connectivity index (χ4v) is 1.87. The third-order valence-corrected chi connectivity index (χ3v) is 2.84. The molecule has 2 aromatic heterocycles. The molecule has 3 aromatic rings. The van der Waals surface area contributed by atoms with Crippen molar-refractivity contribution in [1.82, 2.24) is 20.0 Å². The van der Waals surface area contributed by atoms with Crippen LogP contribution in [-0.2, 0) is 0 Å². The van der Waals surface area contributed by atoms with Gasteiger partial charge in [-0.3, -0.25) is 0 Å². The summed E-state index contributed by atoms with van der Waals surface area (Å²) in [5.41, 5.74) is 7.06. The summed E-state index contributed by atoms with van der Waals surface area (Å²) in [6, 6.07) is 14.9. The van der Waals surface area contributed by atoms with Crippen LogP contribution in [0.25, 0.3) is 5.82 Å². The van der Waals surface area contributed by atoms with Crippen LogP contribution in [0.5, 0.6) is 0 Å². The van der Waals surface area contributed by atoms with Crippen LogP contribution >= 0.6 is 0 Å². The molecule has 3 N–H and O–H groups in total. The first-order chi connectivity index (χ1) is 10.3. The number of anilines is 3. The molecule has 0 saturated carbocycles. The van der Waals surface area contributed by atoms with Crippen LogP contribution in [0.15, 0.2) is 48.7 Å². The molecular weight excluding hydrogens is 266 g/mol. The normalized spacial score (nSPS) is 10.0. The maximum atomic E-state index is 9.28. The Balaban J connectivity index is 2.04. The second kappa shape index (κ2) is 5.30. The van der Waals surface area contributed by atoms with Gasteiger partial charge in [-0.05, 0) is 24.3 Å². The molecule has 0 saturated heterocycles. The molecule has 0 radical (unpaired) electrons. The number of rotatable bonds is 3. The van der Waals surface area contributed by atoms with Crippen molar-refractivity contribution in [2.45, 2.75) is 0 Å². The summed E-state index contributed by atoms with van der Waals surface area (Å²) in [6.45, 7) is 0. The van der Waals surface area contributed by atoms with Crippen molar-refractivity contribution >= 4 is 17.3 Å². The lowest BCUT2D eigenvalue weighted by molar-refractivity contribution is 0.825. The van der Waals surface area contributed by atoms with Crippen LogP contribution < -0.4 is 11.1 Å². The Morgan fingerprint density at radius 2 is 1.95 bits per heavy atom. The Morgan fingerprint density at radius 3 is 2.62 bits per heavy atom. The summed E-state index contributed by atoms with van der Waals surface area (Å²) in [5.74, 6) is 1.05. The minimum atomic E-state index is 0.219. The average molecular weight is 277 g/mol. The fourth-order valence-electron chi connectivity index (χ4n) is 1.87. The molecule has 21 heavy (non-hydrogen) atoms. The van der Waals surface area contributed by atoms with E-state index in [1.54, 1.807) is 18.3 Å². The lowest BCUT2D eigenvalue weighted by atomic mass is 10.3. The van der Waals surface area contributed by atoms with Gasteiger partial charge in [-0.25, -0.2) is 0 Å². The van der Waals surface area contributed by atoms with Crippen LogP contribution in [0.4, 0.5) is 17.3 Å². The van der Waals surface area contributed by atoms with Crippen molar-refractivity contribution in [3.63, 3.8) is 0 Å². The molecule has 0 aliphatic heterocycles. The standard InChI is InChI=1S/C14H11N7/c15-9-11-13(16)21(12-7-4-8-17-19-12)20-14(11)18-10-5-2-1-3-6-10/h1-8H,16H2,(H,18,20). The first-order valence-electron chi connectivity index (χ1n) is 6.18. The van der Waals surface area contributed by atoms with Crippen LogP contribution in [0.2, 0.25) is 0 Å². The van der Waals surface area contributed by atoms with Gasteiger partial charge in [0, 0.05) is 11.9 Å². The van der Waals surface area contributed by atoms with Gasteiger partial charge in [0.25, 0.3) is 0 Å². The molecule has 0 spiro atoms. The van der Waals surface area contributed by atoms with Crippen molar-refractivity contribution in [2.24, 2.45) is 0 Å². The van der Waals surface area contributed by atoms with Gasteiger partial charge in [-0.15, -0.1) is 10.2 Å². The van der Waals surface area contributed by atoms with Crippen molar-refractivity contribution in [3.8, 4) is 11.9 Å². The number of nitrogens with zero attached hydrogens (tertiary/aromatic N) is 5. The molecule has 0 fully saturated rings. The maximum Gasteiger partial charge on any atom is 0.178 e. The number of benzene rings is 1. The van der Waals surface area contributed by atoms with Gasteiger partial charge in [-0.2, -0.15) is 15.0 Å². The SMILES string of the molecule is N#Cc1c(Nc2ccccc2)nn(-c2cccnn2)c1N. The van der Waals surface area contributed by atoms with E-state index in [0.717, 1.165) is 5.69 Å². The van der Waals surface area contributed by atoms with E-state index in [-0.39, 0.29) is 11.4 Å². The molecule has 0 aliphatic rings. The summed E-state index contributed by atoms with van der Waals surface area (Å²) in [6.07, 6.45) is 1.55. The van der Waals surface area contributed by atoms with Gasteiger partial charge in [0.2, 0.25) is 0 Å². The second-order valence-electron chi connectivity index (χ2n) is 4.21. The zero-order valence-electron chi connectivity index (χ0n) is 10.9. The molecule has 102 valence electrons. The van der Waals surface area contributed by atoms with E-state index in [0.29, 0.717) is 11.6 Å². The first kappa shape index (κ1) is 12.6.